The average Bonchev–Trinajstić information content (AvgIpc) is 3.15. The number of aryl methyl sites for hydroxylation is 2. The molecule has 1 aliphatic heterocycles. The summed E-state index contributed by atoms with van der Waals surface area (Å²) in [6.07, 6.45) is 3.50. The highest BCUT2D eigenvalue weighted by Gasteiger charge is 2.02. The summed E-state index contributed by atoms with van der Waals surface area (Å²) in [5, 5.41) is 3.00. The van der Waals surface area contributed by atoms with Crippen molar-refractivity contribution in [1.82, 2.24) is 5.32 Å². The lowest BCUT2D eigenvalue weighted by Crippen LogP contribution is -1.96. The van der Waals surface area contributed by atoms with Crippen molar-refractivity contribution in [2.45, 2.75) is 40.0 Å². The van der Waals surface area contributed by atoms with Crippen molar-refractivity contribution in [2.75, 3.05) is 13.1 Å². The van der Waals surface area contributed by atoms with Crippen LogP contribution in [-0.4, -0.2) is 13.1 Å². The standard InChI is InChI=1S/C12H18.C2H5N/c1-4-10-8-7-9-11(5-2)12(10)6-3;1-2-3-1/h7-9H,4-6H2,1-3H3;3H,1-2H2. The van der Waals surface area contributed by atoms with Gasteiger partial charge in [0.05, 0.1) is 0 Å². The predicted octanol–water partition coefficient (Wildman–Crippen LogP) is 2.96. The fourth-order valence-corrected chi connectivity index (χ4v) is 1.80. The zero-order valence-corrected chi connectivity index (χ0v) is 10.3. The van der Waals surface area contributed by atoms with Crippen LogP contribution in [0.15, 0.2) is 18.2 Å². The van der Waals surface area contributed by atoms with Crippen LogP contribution in [0.1, 0.15) is 37.5 Å². The molecule has 0 unspecified atom stereocenters. The number of benzene rings is 1. The van der Waals surface area contributed by atoms with Gasteiger partial charge < -0.3 is 5.32 Å². The Bertz CT molecular complexity index is 264. The van der Waals surface area contributed by atoms with Crippen molar-refractivity contribution < 1.29 is 0 Å². The normalized spacial score (nSPS) is 13.0. The van der Waals surface area contributed by atoms with E-state index in [9.17, 15) is 0 Å². The Morgan fingerprint density at radius 2 is 1.40 bits per heavy atom. The molecule has 2 rings (SSSR count). The van der Waals surface area contributed by atoms with Crippen molar-refractivity contribution in [1.29, 1.82) is 0 Å². The van der Waals surface area contributed by atoms with Crippen LogP contribution in [0.2, 0.25) is 0 Å². The van der Waals surface area contributed by atoms with E-state index in [1.54, 1.807) is 5.56 Å². The van der Waals surface area contributed by atoms with Crippen molar-refractivity contribution in [2.24, 2.45) is 0 Å². The van der Waals surface area contributed by atoms with Gasteiger partial charge in [-0.1, -0.05) is 39.0 Å². The van der Waals surface area contributed by atoms with Crippen LogP contribution in [0, 0.1) is 0 Å². The Hall–Kier alpha value is -0.820. The molecule has 0 saturated carbocycles. The van der Waals surface area contributed by atoms with Gasteiger partial charge in [0.1, 0.15) is 0 Å². The molecule has 0 atom stereocenters. The number of rotatable bonds is 3. The molecule has 0 amide bonds. The van der Waals surface area contributed by atoms with Gasteiger partial charge >= 0.3 is 0 Å². The smallest absolute Gasteiger partial charge is 0.00772 e. The molecule has 1 N–H and O–H groups in total. The number of hydrogen-bond donors (Lipinski definition) is 1. The Balaban J connectivity index is 0.000000319. The third-order valence-corrected chi connectivity index (χ3v) is 2.74. The minimum absolute atomic E-state index is 1.16. The zero-order chi connectivity index (χ0) is 11.1. The molecule has 0 aromatic heterocycles. The topological polar surface area (TPSA) is 21.9 Å². The molecule has 1 aliphatic rings. The van der Waals surface area contributed by atoms with Crippen LogP contribution < -0.4 is 5.32 Å². The Morgan fingerprint density at radius 1 is 0.933 bits per heavy atom. The molecule has 84 valence electrons. The Kier molecular flexibility index (Phi) is 5.41. The van der Waals surface area contributed by atoms with E-state index in [1.807, 2.05) is 0 Å². The summed E-state index contributed by atoms with van der Waals surface area (Å²) in [6.45, 7) is 9.20. The highest BCUT2D eigenvalue weighted by molar-refractivity contribution is 5.35. The molecule has 0 radical (unpaired) electrons. The second-order valence-corrected chi connectivity index (χ2v) is 3.87. The van der Waals surface area contributed by atoms with E-state index in [-0.39, 0.29) is 0 Å². The van der Waals surface area contributed by atoms with Crippen molar-refractivity contribution >= 4 is 0 Å². The maximum Gasteiger partial charge on any atom is 0.00772 e. The van der Waals surface area contributed by atoms with Gasteiger partial charge in [-0.2, -0.15) is 0 Å². The van der Waals surface area contributed by atoms with Gasteiger partial charge in [-0.25, -0.2) is 0 Å². The first-order valence-corrected chi connectivity index (χ1v) is 6.13. The molecule has 0 bridgehead atoms. The highest BCUT2D eigenvalue weighted by atomic mass is 15.0. The molecule has 1 nitrogen and oxygen atoms in total. The van der Waals surface area contributed by atoms with E-state index < -0.39 is 0 Å². The van der Waals surface area contributed by atoms with Crippen LogP contribution in [0.4, 0.5) is 0 Å². The van der Waals surface area contributed by atoms with Crippen molar-refractivity contribution in [3.8, 4) is 0 Å². The minimum Gasteiger partial charge on any atom is -0.314 e. The molecular formula is C14H23N. The van der Waals surface area contributed by atoms with Gasteiger partial charge in [0, 0.05) is 13.1 Å². The highest BCUT2D eigenvalue weighted by Crippen LogP contribution is 2.16. The van der Waals surface area contributed by atoms with Crippen molar-refractivity contribution in [3.63, 3.8) is 0 Å². The molecule has 15 heavy (non-hydrogen) atoms. The third-order valence-electron chi connectivity index (χ3n) is 2.74. The van der Waals surface area contributed by atoms with E-state index >= 15 is 0 Å². The van der Waals surface area contributed by atoms with E-state index in [2.05, 4.69) is 44.3 Å². The van der Waals surface area contributed by atoms with E-state index in [0.29, 0.717) is 0 Å². The van der Waals surface area contributed by atoms with Gasteiger partial charge in [0.2, 0.25) is 0 Å². The van der Waals surface area contributed by atoms with Crippen LogP contribution in [0.5, 0.6) is 0 Å². The second kappa shape index (κ2) is 6.62. The van der Waals surface area contributed by atoms with E-state index in [0.717, 1.165) is 12.8 Å². The average molecular weight is 205 g/mol. The Labute approximate surface area is 93.9 Å². The maximum atomic E-state index is 3.00. The summed E-state index contributed by atoms with van der Waals surface area (Å²) >= 11 is 0. The summed E-state index contributed by atoms with van der Waals surface area (Å²) in [4.78, 5) is 0. The summed E-state index contributed by atoms with van der Waals surface area (Å²) in [6, 6.07) is 6.67. The molecule has 0 aliphatic carbocycles. The first-order chi connectivity index (χ1) is 7.33. The fourth-order valence-electron chi connectivity index (χ4n) is 1.80. The molecule has 1 aromatic carbocycles. The predicted molar refractivity (Wildman–Crippen MR) is 67.4 cm³/mol. The maximum absolute atomic E-state index is 3.00. The fraction of sp³-hybridized carbons (Fsp3) is 0.571. The van der Waals surface area contributed by atoms with E-state index in [1.165, 1.54) is 30.6 Å². The first kappa shape index (κ1) is 12.3. The van der Waals surface area contributed by atoms with Crippen molar-refractivity contribution in [3.05, 3.63) is 34.9 Å². The summed E-state index contributed by atoms with van der Waals surface area (Å²) < 4.78 is 0. The monoisotopic (exact) mass is 205 g/mol. The molecule has 1 heterocycles. The lowest BCUT2D eigenvalue weighted by molar-refractivity contribution is 0.981. The number of nitrogens with one attached hydrogen (secondary N) is 1. The lowest BCUT2D eigenvalue weighted by Gasteiger charge is -2.10. The van der Waals surface area contributed by atoms with Crippen LogP contribution in [0.25, 0.3) is 0 Å². The third kappa shape index (κ3) is 4.05. The minimum atomic E-state index is 1.16. The molecular weight excluding hydrogens is 182 g/mol. The zero-order valence-electron chi connectivity index (χ0n) is 10.3. The van der Waals surface area contributed by atoms with Gasteiger partial charge in [0.25, 0.3) is 0 Å². The number of hydrogen-bond acceptors (Lipinski definition) is 1. The second-order valence-electron chi connectivity index (χ2n) is 3.87. The molecule has 1 fully saturated rings. The molecule has 1 aromatic rings. The van der Waals surface area contributed by atoms with Crippen LogP contribution in [0.3, 0.4) is 0 Å². The van der Waals surface area contributed by atoms with Crippen LogP contribution in [-0.2, 0) is 19.3 Å². The van der Waals surface area contributed by atoms with Gasteiger partial charge in [-0.05, 0) is 36.0 Å². The Morgan fingerprint density at radius 3 is 1.67 bits per heavy atom. The molecule has 0 spiro atoms. The lowest BCUT2D eigenvalue weighted by atomic mass is 9.96. The molecule has 1 saturated heterocycles. The quantitative estimate of drug-likeness (QED) is 0.753. The SMILES string of the molecule is C1CN1.CCc1cccc(CC)c1CC. The summed E-state index contributed by atoms with van der Waals surface area (Å²) in [5.74, 6) is 0. The molecule has 1 heteroatoms. The summed E-state index contributed by atoms with van der Waals surface area (Å²) in [5.41, 5.74) is 4.62. The van der Waals surface area contributed by atoms with Gasteiger partial charge in [-0.15, -0.1) is 0 Å². The first-order valence-electron chi connectivity index (χ1n) is 6.13. The largest absolute Gasteiger partial charge is 0.314 e. The van der Waals surface area contributed by atoms with Crippen LogP contribution >= 0.6 is 0 Å². The summed E-state index contributed by atoms with van der Waals surface area (Å²) in [7, 11) is 0. The van der Waals surface area contributed by atoms with E-state index in [4.69, 9.17) is 0 Å². The van der Waals surface area contributed by atoms with Gasteiger partial charge in [0.15, 0.2) is 0 Å². The van der Waals surface area contributed by atoms with Gasteiger partial charge in [-0.3, -0.25) is 0 Å².